The Hall–Kier alpha value is -0.830. The number of imidazole rings is 1. The Morgan fingerprint density at radius 2 is 1.76 bits per heavy atom. The minimum Gasteiger partial charge on any atom is -0.335 e. The quantitative estimate of drug-likeness (QED) is 0.540. The van der Waals surface area contributed by atoms with Gasteiger partial charge in [0.05, 0.1) is 0 Å². The number of nitrogens with zero attached hydrogens (tertiary/aromatic N) is 2. The molecular formula is C18H35N3. The van der Waals surface area contributed by atoms with Crippen LogP contribution in [0.25, 0.3) is 0 Å². The third kappa shape index (κ3) is 7.66. The molecule has 0 fully saturated rings. The van der Waals surface area contributed by atoms with E-state index in [1.54, 1.807) is 0 Å². The maximum Gasteiger partial charge on any atom is 0.110 e. The first-order valence-electron chi connectivity index (χ1n) is 9.05. The van der Waals surface area contributed by atoms with Gasteiger partial charge in [-0.2, -0.15) is 0 Å². The van der Waals surface area contributed by atoms with E-state index in [1.165, 1.54) is 57.2 Å². The Kier molecular flexibility index (Phi) is 10.2. The van der Waals surface area contributed by atoms with Crippen LogP contribution in [0.4, 0.5) is 0 Å². The number of hydrogen-bond donors (Lipinski definition) is 1. The van der Waals surface area contributed by atoms with Crippen molar-refractivity contribution < 1.29 is 0 Å². The highest BCUT2D eigenvalue weighted by Crippen LogP contribution is 2.12. The second kappa shape index (κ2) is 11.8. The van der Waals surface area contributed by atoms with Crippen molar-refractivity contribution in [2.45, 2.75) is 91.1 Å². The van der Waals surface area contributed by atoms with E-state index in [0.717, 1.165) is 19.5 Å². The van der Waals surface area contributed by atoms with Crippen molar-refractivity contribution in [2.24, 2.45) is 0 Å². The summed E-state index contributed by atoms with van der Waals surface area (Å²) < 4.78 is 2.26. The van der Waals surface area contributed by atoms with Gasteiger partial charge in [-0.3, -0.25) is 0 Å². The summed E-state index contributed by atoms with van der Waals surface area (Å²) in [5.41, 5.74) is 0. The fourth-order valence-electron chi connectivity index (χ4n) is 2.95. The molecule has 122 valence electrons. The molecule has 0 saturated heterocycles. The van der Waals surface area contributed by atoms with E-state index in [-0.39, 0.29) is 0 Å². The Balaban J connectivity index is 2.23. The molecule has 1 N–H and O–H groups in total. The van der Waals surface area contributed by atoms with Crippen LogP contribution < -0.4 is 5.32 Å². The predicted octanol–water partition coefficient (Wildman–Crippen LogP) is 4.56. The van der Waals surface area contributed by atoms with Gasteiger partial charge < -0.3 is 9.88 Å². The summed E-state index contributed by atoms with van der Waals surface area (Å²) in [5, 5.41) is 3.63. The molecule has 3 heteroatoms. The van der Waals surface area contributed by atoms with Crippen molar-refractivity contribution in [1.29, 1.82) is 0 Å². The minimum atomic E-state index is 0.582. The molecule has 0 saturated carbocycles. The van der Waals surface area contributed by atoms with E-state index in [4.69, 9.17) is 0 Å². The van der Waals surface area contributed by atoms with Crippen molar-refractivity contribution in [1.82, 2.24) is 14.9 Å². The molecule has 0 spiro atoms. The largest absolute Gasteiger partial charge is 0.335 e. The van der Waals surface area contributed by atoms with Gasteiger partial charge in [-0.05, 0) is 19.9 Å². The molecule has 0 bridgehead atoms. The van der Waals surface area contributed by atoms with Crippen LogP contribution in [0.5, 0.6) is 0 Å². The number of unbranched alkanes of at least 4 members (excludes halogenated alkanes) is 6. The molecular weight excluding hydrogens is 258 g/mol. The normalized spacial score (nSPS) is 12.7. The van der Waals surface area contributed by atoms with Crippen LogP contribution in [0, 0.1) is 0 Å². The van der Waals surface area contributed by atoms with E-state index < -0.39 is 0 Å². The Morgan fingerprint density at radius 1 is 1.05 bits per heavy atom. The number of nitrogens with one attached hydrogen (secondary N) is 1. The lowest BCUT2D eigenvalue weighted by Crippen LogP contribution is -2.32. The van der Waals surface area contributed by atoms with Crippen LogP contribution in [-0.4, -0.2) is 22.1 Å². The van der Waals surface area contributed by atoms with Crippen molar-refractivity contribution in [3.63, 3.8) is 0 Å². The van der Waals surface area contributed by atoms with Crippen LogP contribution in [-0.2, 0) is 13.0 Å². The first-order valence-corrected chi connectivity index (χ1v) is 9.05. The molecule has 21 heavy (non-hydrogen) atoms. The molecule has 1 unspecified atom stereocenters. The van der Waals surface area contributed by atoms with Crippen LogP contribution in [0.2, 0.25) is 0 Å². The standard InChI is InChI=1S/C18H35N3/c1-4-7-8-9-10-11-12-13-17(19-5-2)16-18-20-14-15-21(18)6-3/h14-15,17,19H,4-13,16H2,1-3H3. The average Bonchev–Trinajstić information content (AvgIpc) is 2.93. The summed E-state index contributed by atoms with van der Waals surface area (Å²) in [7, 11) is 0. The second-order valence-electron chi connectivity index (χ2n) is 6.00. The summed E-state index contributed by atoms with van der Waals surface area (Å²) >= 11 is 0. The molecule has 0 radical (unpaired) electrons. The molecule has 0 aromatic carbocycles. The summed E-state index contributed by atoms with van der Waals surface area (Å²) in [6, 6.07) is 0.582. The van der Waals surface area contributed by atoms with Crippen LogP contribution in [0.15, 0.2) is 12.4 Å². The van der Waals surface area contributed by atoms with E-state index in [1.807, 2.05) is 6.20 Å². The molecule has 3 nitrogen and oxygen atoms in total. The summed E-state index contributed by atoms with van der Waals surface area (Å²) in [6.45, 7) is 8.73. The van der Waals surface area contributed by atoms with Gasteiger partial charge in [0.1, 0.15) is 5.82 Å². The lowest BCUT2D eigenvalue weighted by molar-refractivity contribution is 0.446. The van der Waals surface area contributed by atoms with E-state index in [9.17, 15) is 0 Å². The van der Waals surface area contributed by atoms with Gasteiger partial charge in [0, 0.05) is 31.4 Å². The fourth-order valence-corrected chi connectivity index (χ4v) is 2.95. The topological polar surface area (TPSA) is 29.9 Å². The van der Waals surface area contributed by atoms with Crippen molar-refractivity contribution in [3.05, 3.63) is 18.2 Å². The third-order valence-corrected chi connectivity index (χ3v) is 4.22. The monoisotopic (exact) mass is 293 g/mol. The first kappa shape index (κ1) is 18.2. The molecule has 0 aliphatic carbocycles. The van der Waals surface area contributed by atoms with Gasteiger partial charge in [-0.1, -0.05) is 58.8 Å². The van der Waals surface area contributed by atoms with Crippen LogP contribution in [0.3, 0.4) is 0 Å². The second-order valence-corrected chi connectivity index (χ2v) is 6.00. The van der Waals surface area contributed by atoms with Gasteiger partial charge in [-0.25, -0.2) is 4.98 Å². The molecule has 0 amide bonds. The molecule has 1 heterocycles. The maximum absolute atomic E-state index is 4.51. The van der Waals surface area contributed by atoms with E-state index in [2.05, 4.69) is 41.8 Å². The van der Waals surface area contributed by atoms with E-state index >= 15 is 0 Å². The molecule has 0 aliphatic rings. The van der Waals surface area contributed by atoms with Gasteiger partial charge in [0.15, 0.2) is 0 Å². The van der Waals surface area contributed by atoms with Gasteiger partial charge in [-0.15, -0.1) is 0 Å². The molecule has 0 aliphatic heterocycles. The molecule has 1 atom stereocenters. The maximum atomic E-state index is 4.51. The number of rotatable bonds is 13. The summed E-state index contributed by atoms with van der Waals surface area (Å²) in [5.74, 6) is 1.23. The lowest BCUT2D eigenvalue weighted by Gasteiger charge is -2.18. The highest BCUT2D eigenvalue weighted by molar-refractivity contribution is 4.95. The zero-order chi connectivity index (χ0) is 15.3. The highest BCUT2D eigenvalue weighted by Gasteiger charge is 2.11. The average molecular weight is 293 g/mol. The summed E-state index contributed by atoms with van der Waals surface area (Å²) in [6.07, 6.45) is 16.1. The van der Waals surface area contributed by atoms with Crippen molar-refractivity contribution in [3.8, 4) is 0 Å². The number of hydrogen-bond acceptors (Lipinski definition) is 2. The molecule has 1 aromatic heterocycles. The Morgan fingerprint density at radius 3 is 2.43 bits per heavy atom. The smallest absolute Gasteiger partial charge is 0.110 e. The first-order chi connectivity index (χ1) is 10.3. The zero-order valence-corrected chi connectivity index (χ0v) is 14.4. The SMILES string of the molecule is CCCCCCCCCC(Cc1nccn1CC)NCC. The molecule has 1 aromatic rings. The Labute approximate surface area is 131 Å². The van der Waals surface area contributed by atoms with E-state index in [0.29, 0.717) is 6.04 Å². The molecule has 1 rings (SSSR count). The van der Waals surface area contributed by atoms with Gasteiger partial charge in [0.2, 0.25) is 0 Å². The van der Waals surface area contributed by atoms with Crippen LogP contribution in [0.1, 0.15) is 78.0 Å². The van der Waals surface area contributed by atoms with Gasteiger partial charge >= 0.3 is 0 Å². The third-order valence-electron chi connectivity index (χ3n) is 4.22. The number of likely N-dealkylation sites (N-methyl/N-ethyl adjacent to an activating group) is 1. The zero-order valence-electron chi connectivity index (χ0n) is 14.4. The predicted molar refractivity (Wildman–Crippen MR) is 91.7 cm³/mol. The lowest BCUT2D eigenvalue weighted by atomic mass is 10.0. The highest BCUT2D eigenvalue weighted by atomic mass is 15.1. The van der Waals surface area contributed by atoms with Crippen molar-refractivity contribution in [2.75, 3.05) is 6.54 Å². The van der Waals surface area contributed by atoms with Gasteiger partial charge in [0.25, 0.3) is 0 Å². The summed E-state index contributed by atoms with van der Waals surface area (Å²) in [4.78, 5) is 4.51. The minimum absolute atomic E-state index is 0.582. The van der Waals surface area contributed by atoms with Crippen LogP contribution >= 0.6 is 0 Å². The number of aromatic nitrogens is 2. The van der Waals surface area contributed by atoms with Crippen molar-refractivity contribution >= 4 is 0 Å². The number of aryl methyl sites for hydroxylation is 1. The fraction of sp³-hybridized carbons (Fsp3) is 0.833. The Bertz CT molecular complexity index is 346.